The minimum absolute atomic E-state index is 0.0727. The van der Waals surface area contributed by atoms with E-state index in [-0.39, 0.29) is 47.3 Å². The monoisotopic (exact) mass is 900 g/mol. The van der Waals surface area contributed by atoms with Crippen molar-refractivity contribution in [2.75, 3.05) is 45.1 Å². The Bertz CT molecular complexity index is 1890. The first-order valence-corrected chi connectivity index (χ1v) is 23.8. The zero-order valence-corrected chi connectivity index (χ0v) is 38.9. The number of nitrogens with zero attached hydrogens (tertiary/aromatic N) is 6. The molecule has 4 aliphatic rings. The summed E-state index contributed by atoms with van der Waals surface area (Å²) in [5.74, 6) is -0.0948. The third kappa shape index (κ3) is 13.2. The second kappa shape index (κ2) is 21.8. The second-order valence-electron chi connectivity index (χ2n) is 19.7. The van der Waals surface area contributed by atoms with Crippen LogP contribution in [0.3, 0.4) is 0 Å². The van der Waals surface area contributed by atoms with Crippen LogP contribution in [0.1, 0.15) is 136 Å². The molecule has 17 heteroatoms. The quantitative estimate of drug-likeness (QED) is 0.146. The summed E-state index contributed by atoms with van der Waals surface area (Å²) < 4.78 is 46.4. The molecule has 2 atom stereocenters. The summed E-state index contributed by atoms with van der Waals surface area (Å²) in [6, 6.07) is 3.60. The van der Waals surface area contributed by atoms with Crippen molar-refractivity contribution >= 4 is 40.5 Å². The van der Waals surface area contributed by atoms with Gasteiger partial charge in [0.2, 0.25) is 17.7 Å². The second-order valence-corrected chi connectivity index (χ2v) is 19.7. The molecule has 4 amide bonds. The van der Waals surface area contributed by atoms with Crippen LogP contribution in [0.2, 0.25) is 0 Å². The van der Waals surface area contributed by atoms with Gasteiger partial charge in [-0.1, -0.05) is 19.3 Å². The molecule has 1 aromatic carbocycles. The summed E-state index contributed by atoms with van der Waals surface area (Å²) in [7, 11) is 2.13. The van der Waals surface area contributed by atoms with Crippen LogP contribution in [0.25, 0.3) is 10.9 Å². The van der Waals surface area contributed by atoms with Crippen molar-refractivity contribution in [1.29, 1.82) is 0 Å². The fourth-order valence-electron chi connectivity index (χ4n) is 10.0. The summed E-state index contributed by atoms with van der Waals surface area (Å²) in [5.41, 5.74) is -1.000. The van der Waals surface area contributed by atoms with Crippen molar-refractivity contribution in [1.82, 2.24) is 40.2 Å². The maximum atomic E-state index is 14.3. The molecule has 1 aliphatic carbocycles. The molecule has 6 rings (SSSR count). The van der Waals surface area contributed by atoms with Crippen LogP contribution in [0.5, 0.6) is 0 Å². The third-order valence-corrected chi connectivity index (χ3v) is 13.8. The Balaban J connectivity index is 0.971. The van der Waals surface area contributed by atoms with Crippen molar-refractivity contribution in [3.8, 4) is 0 Å². The standard InChI is InChI=1S/C47H72F3N9O5/c1-31(2)56(6)34-14-16-36(17-15-34)59-40(29-39(44(59)62)54-42-37-28-33(47(48,49)50)13-18-38(37)52-30-53-42)55-43(61)32-19-24-57(25-20-32)35-21-26-58(27-22-35)41(60)12-10-8-7-9-11-23-51-45(63)64-46(3,4)5/h13,18,28,30-32,34-36,39-40H,7-12,14-17,19-27,29H2,1-6H3,(H,51,63)(H,55,61)(H,52,53,54)/t34?,36?,39-,40+/m0/s1. The predicted molar refractivity (Wildman–Crippen MR) is 240 cm³/mol. The highest BCUT2D eigenvalue weighted by atomic mass is 19.4. The number of rotatable bonds is 16. The van der Waals surface area contributed by atoms with Crippen molar-refractivity contribution < 1.29 is 37.1 Å². The Morgan fingerprint density at radius 1 is 0.875 bits per heavy atom. The van der Waals surface area contributed by atoms with Gasteiger partial charge in [-0.15, -0.1) is 0 Å². The molecule has 0 spiro atoms. The largest absolute Gasteiger partial charge is 0.444 e. The average molecular weight is 900 g/mol. The summed E-state index contributed by atoms with van der Waals surface area (Å²) >= 11 is 0. The molecule has 2 aromatic rings. The number of hydrogen-bond donors (Lipinski definition) is 3. The van der Waals surface area contributed by atoms with E-state index in [4.69, 9.17) is 4.74 Å². The molecule has 0 radical (unpaired) electrons. The van der Waals surface area contributed by atoms with Crippen LogP contribution in [-0.4, -0.2) is 135 Å². The number of piperidine rings is 2. The number of amides is 4. The first-order valence-electron chi connectivity index (χ1n) is 23.8. The molecule has 1 aromatic heterocycles. The molecule has 3 N–H and O–H groups in total. The fourth-order valence-corrected chi connectivity index (χ4v) is 10.0. The van der Waals surface area contributed by atoms with Crippen LogP contribution < -0.4 is 16.0 Å². The van der Waals surface area contributed by atoms with Gasteiger partial charge >= 0.3 is 12.3 Å². The number of nitrogens with one attached hydrogen (secondary N) is 3. The zero-order valence-electron chi connectivity index (χ0n) is 38.9. The van der Waals surface area contributed by atoms with Gasteiger partial charge in [-0.25, -0.2) is 14.8 Å². The van der Waals surface area contributed by atoms with Gasteiger partial charge in [0.15, 0.2) is 0 Å². The first-order chi connectivity index (χ1) is 30.4. The minimum atomic E-state index is -4.55. The number of anilines is 1. The van der Waals surface area contributed by atoms with E-state index < -0.39 is 35.6 Å². The molecule has 3 saturated heterocycles. The van der Waals surface area contributed by atoms with E-state index in [1.807, 2.05) is 30.6 Å². The number of halogens is 3. The number of aromatic nitrogens is 2. The lowest BCUT2D eigenvalue weighted by Gasteiger charge is -2.42. The Morgan fingerprint density at radius 2 is 1.55 bits per heavy atom. The molecule has 0 unspecified atom stereocenters. The Labute approximate surface area is 377 Å². The van der Waals surface area contributed by atoms with Gasteiger partial charge in [-0.2, -0.15) is 13.2 Å². The predicted octanol–water partition coefficient (Wildman–Crippen LogP) is 7.32. The van der Waals surface area contributed by atoms with Crippen molar-refractivity contribution in [3.05, 3.63) is 30.1 Å². The average Bonchev–Trinajstić information content (AvgIpc) is 3.56. The molecule has 14 nitrogen and oxygen atoms in total. The number of alkyl carbamates (subject to hydrolysis) is 1. The lowest BCUT2D eigenvalue weighted by molar-refractivity contribution is -0.138. The highest BCUT2D eigenvalue weighted by Crippen LogP contribution is 2.36. The van der Waals surface area contributed by atoms with Gasteiger partial charge in [-0.3, -0.25) is 14.4 Å². The van der Waals surface area contributed by atoms with E-state index in [1.54, 1.807) is 0 Å². The molecule has 356 valence electrons. The molecule has 1 saturated carbocycles. The summed E-state index contributed by atoms with van der Waals surface area (Å²) in [6.45, 7) is 13.5. The third-order valence-electron chi connectivity index (χ3n) is 13.8. The highest BCUT2D eigenvalue weighted by Gasteiger charge is 2.46. The highest BCUT2D eigenvalue weighted by molar-refractivity contribution is 5.94. The number of alkyl halides is 3. The maximum absolute atomic E-state index is 14.3. The summed E-state index contributed by atoms with van der Waals surface area (Å²) in [6.07, 6.45) is 7.96. The Kier molecular flexibility index (Phi) is 16.8. The van der Waals surface area contributed by atoms with Crippen LogP contribution in [0.15, 0.2) is 24.5 Å². The topological polar surface area (TPSA) is 152 Å². The van der Waals surface area contributed by atoms with Gasteiger partial charge in [-0.05, 0) is 137 Å². The van der Waals surface area contributed by atoms with Crippen molar-refractivity contribution in [2.45, 2.75) is 179 Å². The number of ether oxygens (including phenoxy) is 1. The summed E-state index contributed by atoms with van der Waals surface area (Å²) in [5, 5.41) is 9.41. The lowest BCUT2D eigenvalue weighted by atomic mass is 9.88. The van der Waals surface area contributed by atoms with E-state index in [0.29, 0.717) is 49.4 Å². The van der Waals surface area contributed by atoms with E-state index >= 15 is 0 Å². The van der Waals surface area contributed by atoms with Crippen LogP contribution in [-0.2, 0) is 25.3 Å². The number of carbonyl (C=O) groups excluding carboxylic acids is 4. The first kappa shape index (κ1) is 49.2. The summed E-state index contributed by atoms with van der Waals surface area (Å²) in [4.78, 5) is 70.3. The van der Waals surface area contributed by atoms with Crippen molar-refractivity contribution in [3.63, 3.8) is 0 Å². The molecular weight excluding hydrogens is 828 g/mol. The number of carbonyl (C=O) groups is 4. The number of unbranched alkanes of at least 4 members (excludes halogenated alkanes) is 4. The van der Waals surface area contributed by atoms with Gasteiger partial charge < -0.3 is 40.3 Å². The Hall–Kier alpha value is -4.25. The van der Waals surface area contributed by atoms with E-state index in [2.05, 4.69) is 56.6 Å². The van der Waals surface area contributed by atoms with Crippen LogP contribution in [0.4, 0.5) is 23.8 Å². The molecule has 64 heavy (non-hydrogen) atoms. The number of likely N-dealkylation sites (tertiary alicyclic amines) is 3. The normalized spacial score (nSPS) is 23.3. The molecule has 3 aliphatic heterocycles. The maximum Gasteiger partial charge on any atom is 0.416 e. The number of benzene rings is 1. The van der Waals surface area contributed by atoms with E-state index in [1.165, 1.54) is 12.4 Å². The molecule has 4 heterocycles. The number of hydrogen-bond acceptors (Lipinski definition) is 10. The van der Waals surface area contributed by atoms with Crippen LogP contribution in [0, 0.1) is 5.92 Å². The lowest BCUT2D eigenvalue weighted by Crippen LogP contribution is -2.55. The number of fused-ring (bicyclic) bond motifs is 1. The van der Waals surface area contributed by atoms with E-state index in [0.717, 1.165) is 109 Å². The molecular formula is C47H72F3N9O5. The van der Waals surface area contributed by atoms with Gasteiger partial charge in [0.25, 0.3) is 0 Å². The van der Waals surface area contributed by atoms with Crippen LogP contribution >= 0.6 is 0 Å². The van der Waals surface area contributed by atoms with E-state index in [9.17, 15) is 32.3 Å². The van der Waals surface area contributed by atoms with Gasteiger partial charge in [0.05, 0.1) is 11.1 Å². The van der Waals surface area contributed by atoms with Crippen molar-refractivity contribution in [2.24, 2.45) is 5.92 Å². The smallest absolute Gasteiger partial charge is 0.416 e. The zero-order chi connectivity index (χ0) is 46.2. The molecule has 0 bridgehead atoms. The fraction of sp³-hybridized carbons (Fsp3) is 0.745. The minimum Gasteiger partial charge on any atom is -0.444 e. The van der Waals surface area contributed by atoms with Gasteiger partial charge in [0, 0.05) is 67.9 Å². The van der Waals surface area contributed by atoms with Gasteiger partial charge in [0.1, 0.15) is 30.0 Å². The molecule has 4 fully saturated rings. The Morgan fingerprint density at radius 3 is 2.20 bits per heavy atom. The SMILES string of the molecule is CC(C)N(C)C1CCC(N2C(=O)[C@@H](Nc3ncnc4ccc(C(F)(F)F)cc34)C[C@@H]2NC(=O)C2CCN(C3CCN(C(=O)CCCCCCCNC(=O)OC(C)(C)C)CC3)CC2)CC1.